The Labute approximate surface area is 57.5 Å². The highest BCUT2D eigenvalue weighted by molar-refractivity contribution is 5.49. The summed E-state index contributed by atoms with van der Waals surface area (Å²) in [5.74, 6) is 0.614. The SMILES string of the molecule is CCc1oncc1N=C=O. The minimum Gasteiger partial charge on any atom is -0.359 e. The molecule has 4 nitrogen and oxygen atoms in total. The quantitative estimate of drug-likeness (QED) is 0.455. The van der Waals surface area contributed by atoms with Gasteiger partial charge in [-0.2, -0.15) is 4.99 Å². The Kier molecular flexibility index (Phi) is 1.97. The maximum Gasteiger partial charge on any atom is 0.240 e. The zero-order valence-corrected chi connectivity index (χ0v) is 5.50. The van der Waals surface area contributed by atoms with Crippen LogP contribution in [0.1, 0.15) is 12.7 Å². The molecule has 1 heterocycles. The molecule has 0 aromatic carbocycles. The molecule has 0 saturated heterocycles. The van der Waals surface area contributed by atoms with Gasteiger partial charge in [-0.3, -0.25) is 0 Å². The highest BCUT2D eigenvalue weighted by Crippen LogP contribution is 2.16. The first-order valence-electron chi connectivity index (χ1n) is 2.90. The molecule has 0 bridgehead atoms. The van der Waals surface area contributed by atoms with Crippen molar-refractivity contribution in [3.05, 3.63) is 12.0 Å². The monoisotopic (exact) mass is 138 g/mol. The van der Waals surface area contributed by atoms with E-state index in [4.69, 9.17) is 4.52 Å². The lowest BCUT2D eigenvalue weighted by Gasteiger charge is -1.83. The van der Waals surface area contributed by atoms with E-state index in [9.17, 15) is 4.79 Å². The summed E-state index contributed by atoms with van der Waals surface area (Å²) in [7, 11) is 0. The summed E-state index contributed by atoms with van der Waals surface area (Å²) in [6.45, 7) is 1.89. The van der Waals surface area contributed by atoms with Crippen molar-refractivity contribution in [2.45, 2.75) is 13.3 Å². The molecule has 0 amide bonds. The van der Waals surface area contributed by atoms with Crippen molar-refractivity contribution in [3.63, 3.8) is 0 Å². The number of aromatic nitrogens is 1. The summed E-state index contributed by atoms with van der Waals surface area (Å²) in [4.78, 5) is 13.2. The van der Waals surface area contributed by atoms with Crippen LogP contribution in [0.25, 0.3) is 0 Å². The Morgan fingerprint density at radius 2 is 2.70 bits per heavy atom. The highest BCUT2D eigenvalue weighted by atomic mass is 16.5. The van der Waals surface area contributed by atoms with Crippen molar-refractivity contribution in [2.75, 3.05) is 0 Å². The lowest BCUT2D eigenvalue weighted by atomic mass is 10.3. The summed E-state index contributed by atoms with van der Waals surface area (Å²) < 4.78 is 4.74. The smallest absolute Gasteiger partial charge is 0.240 e. The highest BCUT2D eigenvalue weighted by Gasteiger charge is 2.02. The number of nitrogens with zero attached hydrogens (tertiary/aromatic N) is 2. The summed E-state index contributed by atoms with van der Waals surface area (Å²) in [5, 5.41) is 3.46. The van der Waals surface area contributed by atoms with Crippen molar-refractivity contribution in [1.82, 2.24) is 5.16 Å². The van der Waals surface area contributed by atoms with Gasteiger partial charge in [-0.15, -0.1) is 0 Å². The van der Waals surface area contributed by atoms with Crippen LogP contribution in [0, 0.1) is 0 Å². The van der Waals surface area contributed by atoms with Crippen LogP contribution < -0.4 is 0 Å². The number of carbonyl (C=O) groups excluding carboxylic acids is 1. The van der Waals surface area contributed by atoms with Crippen molar-refractivity contribution in [2.24, 2.45) is 4.99 Å². The average molecular weight is 138 g/mol. The second-order valence-electron chi connectivity index (χ2n) is 1.69. The zero-order chi connectivity index (χ0) is 7.40. The molecule has 1 aromatic rings. The number of hydrogen-bond acceptors (Lipinski definition) is 4. The van der Waals surface area contributed by atoms with E-state index in [1.807, 2.05) is 6.92 Å². The van der Waals surface area contributed by atoms with E-state index in [1.54, 1.807) is 0 Å². The predicted octanol–water partition coefficient (Wildman–Crippen LogP) is 1.20. The molecule has 10 heavy (non-hydrogen) atoms. The van der Waals surface area contributed by atoms with Crippen LogP contribution in [0.15, 0.2) is 15.7 Å². The van der Waals surface area contributed by atoms with Crippen LogP contribution in [0.3, 0.4) is 0 Å². The summed E-state index contributed by atoms with van der Waals surface area (Å²) in [6, 6.07) is 0. The molecule has 0 aliphatic heterocycles. The van der Waals surface area contributed by atoms with Crippen molar-refractivity contribution < 1.29 is 9.32 Å². The van der Waals surface area contributed by atoms with Crippen LogP contribution >= 0.6 is 0 Å². The van der Waals surface area contributed by atoms with Gasteiger partial charge in [0.15, 0.2) is 5.76 Å². The number of rotatable bonds is 2. The molecule has 4 heteroatoms. The number of aliphatic imine (C=N–C) groups is 1. The summed E-state index contributed by atoms with van der Waals surface area (Å²) >= 11 is 0. The standard InChI is InChI=1S/C6H6N2O2/c1-2-6-5(7-4-9)3-8-10-6/h3H,2H2,1H3. The van der Waals surface area contributed by atoms with Gasteiger partial charge in [0.1, 0.15) is 5.69 Å². The molecule has 0 N–H and O–H groups in total. The normalized spacial score (nSPS) is 8.90. The third-order valence-electron chi connectivity index (χ3n) is 1.11. The zero-order valence-electron chi connectivity index (χ0n) is 5.50. The van der Waals surface area contributed by atoms with Gasteiger partial charge in [-0.25, -0.2) is 4.79 Å². The molecular formula is C6H6N2O2. The summed E-state index contributed by atoms with van der Waals surface area (Å²) in [5.41, 5.74) is 0.470. The van der Waals surface area contributed by atoms with Crippen LogP contribution in [0.5, 0.6) is 0 Å². The minimum atomic E-state index is 0.470. The maximum absolute atomic E-state index is 9.78. The Balaban J connectivity index is 3.00. The fraction of sp³-hybridized carbons (Fsp3) is 0.333. The van der Waals surface area contributed by atoms with Gasteiger partial charge in [-0.1, -0.05) is 12.1 Å². The minimum absolute atomic E-state index is 0.470. The second-order valence-corrected chi connectivity index (χ2v) is 1.69. The molecule has 0 spiro atoms. The van der Waals surface area contributed by atoms with E-state index in [-0.39, 0.29) is 0 Å². The maximum atomic E-state index is 9.78. The first-order valence-corrected chi connectivity index (χ1v) is 2.90. The molecule has 0 aliphatic rings. The topological polar surface area (TPSA) is 55.5 Å². The third-order valence-corrected chi connectivity index (χ3v) is 1.11. The Morgan fingerprint density at radius 3 is 3.30 bits per heavy atom. The van der Waals surface area contributed by atoms with E-state index in [1.165, 1.54) is 12.3 Å². The van der Waals surface area contributed by atoms with Crippen LogP contribution in [0.4, 0.5) is 5.69 Å². The van der Waals surface area contributed by atoms with Gasteiger partial charge in [0.25, 0.3) is 0 Å². The van der Waals surface area contributed by atoms with E-state index in [0.717, 1.165) is 0 Å². The summed E-state index contributed by atoms with van der Waals surface area (Å²) in [6.07, 6.45) is 3.49. The molecule has 0 radical (unpaired) electrons. The molecule has 0 aliphatic carbocycles. The van der Waals surface area contributed by atoms with Gasteiger partial charge in [0, 0.05) is 6.42 Å². The van der Waals surface area contributed by atoms with Gasteiger partial charge < -0.3 is 4.52 Å². The van der Waals surface area contributed by atoms with Gasteiger partial charge >= 0.3 is 0 Å². The first kappa shape index (κ1) is 6.71. The van der Waals surface area contributed by atoms with E-state index < -0.39 is 0 Å². The van der Waals surface area contributed by atoms with Crippen molar-refractivity contribution in [1.29, 1.82) is 0 Å². The fourth-order valence-electron chi connectivity index (χ4n) is 0.645. The fourth-order valence-corrected chi connectivity index (χ4v) is 0.645. The van der Waals surface area contributed by atoms with Gasteiger partial charge in [0.05, 0.1) is 6.20 Å². The number of aryl methyl sites for hydroxylation is 1. The molecule has 52 valence electrons. The van der Waals surface area contributed by atoms with Gasteiger partial charge in [-0.05, 0) is 0 Å². The number of isocyanates is 1. The van der Waals surface area contributed by atoms with E-state index in [2.05, 4.69) is 10.1 Å². The van der Waals surface area contributed by atoms with E-state index >= 15 is 0 Å². The molecular weight excluding hydrogens is 132 g/mol. The molecule has 0 fully saturated rings. The van der Waals surface area contributed by atoms with Gasteiger partial charge in [0.2, 0.25) is 6.08 Å². The average Bonchev–Trinajstić information content (AvgIpc) is 2.36. The largest absolute Gasteiger partial charge is 0.359 e. The first-order chi connectivity index (χ1) is 4.88. The lowest BCUT2D eigenvalue weighted by molar-refractivity contribution is 0.387. The lowest BCUT2D eigenvalue weighted by Crippen LogP contribution is -1.71. The van der Waals surface area contributed by atoms with Crippen LogP contribution in [-0.4, -0.2) is 11.2 Å². The van der Waals surface area contributed by atoms with Crippen LogP contribution in [-0.2, 0) is 11.2 Å². The second kappa shape index (κ2) is 2.94. The third kappa shape index (κ3) is 1.11. The molecule has 0 saturated carbocycles. The number of hydrogen-bond donors (Lipinski definition) is 0. The van der Waals surface area contributed by atoms with Crippen molar-refractivity contribution in [3.8, 4) is 0 Å². The predicted molar refractivity (Wildman–Crippen MR) is 33.7 cm³/mol. The Bertz CT molecular complexity index is 260. The van der Waals surface area contributed by atoms with E-state index in [0.29, 0.717) is 17.9 Å². The molecule has 1 aromatic heterocycles. The Morgan fingerprint density at radius 1 is 1.90 bits per heavy atom. The molecule has 0 unspecified atom stereocenters. The molecule has 0 atom stereocenters. The van der Waals surface area contributed by atoms with Crippen LogP contribution in [0.2, 0.25) is 0 Å². The van der Waals surface area contributed by atoms with Crippen molar-refractivity contribution >= 4 is 11.8 Å². The Hall–Kier alpha value is -1.41. The molecule has 1 rings (SSSR count).